The molecule has 2 fully saturated rings. The van der Waals surface area contributed by atoms with E-state index < -0.39 is 55.3 Å². The number of carbonyl (C=O) groups excluding carboxylic acids is 1. The molecule has 0 aromatic rings. The Balaban J connectivity index is 1.90. The van der Waals surface area contributed by atoms with E-state index in [1.807, 2.05) is 0 Å². The van der Waals surface area contributed by atoms with Gasteiger partial charge in [-0.3, -0.25) is 4.79 Å². The van der Waals surface area contributed by atoms with Crippen molar-refractivity contribution in [2.75, 3.05) is 13.7 Å². The van der Waals surface area contributed by atoms with Crippen LogP contribution < -0.4 is 0 Å². The topological polar surface area (TPSA) is 135 Å². The Morgan fingerprint density at radius 2 is 2.00 bits per heavy atom. The van der Waals surface area contributed by atoms with Gasteiger partial charge in [-0.05, 0) is 24.1 Å². The number of rotatable bonds is 4. The van der Waals surface area contributed by atoms with Gasteiger partial charge in [0.05, 0.1) is 12.5 Å². The van der Waals surface area contributed by atoms with Crippen LogP contribution in [0.5, 0.6) is 0 Å². The highest BCUT2D eigenvalue weighted by atomic mass is 16.8. The van der Waals surface area contributed by atoms with Crippen LogP contribution in [0.1, 0.15) is 13.3 Å². The summed E-state index contributed by atoms with van der Waals surface area (Å²) in [4.78, 5) is 12.3. The summed E-state index contributed by atoms with van der Waals surface area (Å²) in [5.74, 6) is -2.16. The van der Waals surface area contributed by atoms with Gasteiger partial charge in [0.25, 0.3) is 0 Å². The van der Waals surface area contributed by atoms with Crippen molar-refractivity contribution < 1.29 is 44.2 Å². The second-order valence-corrected chi connectivity index (χ2v) is 6.81. The van der Waals surface area contributed by atoms with E-state index in [4.69, 9.17) is 18.9 Å². The molecule has 9 nitrogen and oxygen atoms in total. The van der Waals surface area contributed by atoms with Crippen LogP contribution >= 0.6 is 0 Å². The number of hydrogen-bond donors (Lipinski definition) is 4. The molecule has 1 aliphatic carbocycles. The summed E-state index contributed by atoms with van der Waals surface area (Å²) in [7, 11) is 1.40. The Hall–Kier alpha value is -1.17. The van der Waals surface area contributed by atoms with E-state index >= 15 is 0 Å². The number of aliphatic hydroxyl groups is 4. The molecule has 146 valence electrons. The third kappa shape index (κ3) is 3.04. The molecule has 1 unspecified atom stereocenters. The second-order valence-electron chi connectivity index (χ2n) is 6.81. The smallest absolute Gasteiger partial charge is 0.198 e. The molecule has 2 saturated heterocycles. The van der Waals surface area contributed by atoms with Crippen molar-refractivity contribution in [3.05, 3.63) is 23.8 Å². The minimum Gasteiger partial charge on any atom is -0.394 e. The van der Waals surface area contributed by atoms with Crippen LogP contribution in [-0.4, -0.2) is 82.7 Å². The van der Waals surface area contributed by atoms with E-state index in [-0.39, 0.29) is 12.2 Å². The second kappa shape index (κ2) is 7.10. The maximum Gasteiger partial charge on any atom is 0.198 e. The van der Waals surface area contributed by atoms with Crippen molar-refractivity contribution in [3.63, 3.8) is 0 Å². The maximum atomic E-state index is 12.3. The molecular formula is C17H24O9. The Kier molecular flexibility index (Phi) is 5.35. The number of fused-ring (bicyclic) bond motifs is 2. The van der Waals surface area contributed by atoms with E-state index in [0.717, 1.165) is 0 Å². The monoisotopic (exact) mass is 372 g/mol. The minimum atomic E-state index is -1.58. The number of carbonyl (C=O) groups is 1. The molecule has 0 saturated carbocycles. The van der Waals surface area contributed by atoms with E-state index in [1.54, 1.807) is 6.92 Å². The highest BCUT2D eigenvalue weighted by Crippen LogP contribution is 2.46. The number of ketones is 1. The highest BCUT2D eigenvalue weighted by Gasteiger charge is 2.55. The summed E-state index contributed by atoms with van der Waals surface area (Å²) >= 11 is 0. The first-order valence-corrected chi connectivity index (χ1v) is 8.34. The average molecular weight is 372 g/mol. The molecule has 4 N–H and O–H groups in total. The normalized spacial score (nSPS) is 46.2. The van der Waals surface area contributed by atoms with Crippen LogP contribution in [0.2, 0.25) is 0 Å². The number of methoxy groups -OCH3 is 1. The van der Waals surface area contributed by atoms with Gasteiger partial charge in [0, 0.05) is 13.5 Å². The summed E-state index contributed by atoms with van der Waals surface area (Å²) in [6.45, 7) is 4.92. The molecule has 0 aromatic heterocycles. The fraction of sp³-hybridized carbons (Fsp3) is 0.706. The molecule has 2 bridgehead atoms. The fourth-order valence-electron chi connectivity index (χ4n) is 3.54. The standard InChI is InChI=1S/C17H24O9/c1-7-4-10(19)9-5-17(7,25-15(23-3)8(9)2)26-16-14(22)13(21)12(20)11(6-18)24-16/h4,9,11-16,18,20-22H,2,5-6H2,1,3H3/t9-,11-,12-,13+,14-,15?,16+,17+/m1/s1. The number of hydrogen-bond acceptors (Lipinski definition) is 9. The van der Waals surface area contributed by atoms with Crippen LogP contribution in [0.25, 0.3) is 0 Å². The molecule has 3 rings (SSSR count). The molecular weight excluding hydrogens is 348 g/mol. The first-order chi connectivity index (χ1) is 12.2. The van der Waals surface area contributed by atoms with Gasteiger partial charge in [-0.1, -0.05) is 6.58 Å². The Morgan fingerprint density at radius 1 is 1.31 bits per heavy atom. The quantitative estimate of drug-likeness (QED) is 0.439. The molecule has 0 amide bonds. The molecule has 2 heterocycles. The van der Waals surface area contributed by atoms with Gasteiger partial charge >= 0.3 is 0 Å². The van der Waals surface area contributed by atoms with E-state index in [0.29, 0.717) is 11.1 Å². The zero-order chi connectivity index (χ0) is 19.2. The molecule has 26 heavy (non-hydrogen) atoms. The van der Waals surface area contributed by atoms with Gasteiger partial charge in [-0.25, -0.2) is 0 Å². The van der Waals surface area contributed by atoms with Gasteiger partial charge in [0.2, 0.25) is 0 Å². The van der Waals surface area contributed by atoms with Gasteiger partial charge in [0.1, 0.15) is 24.4 Å². The lowest BCUT2D eigenvalue weighted by molar-refractivity contribution is -0.385. The SMILES string of the molecule is C=C1C(OC)O[C@]2(O[C@@H]3O[C@H](CO)[C@@H](O)[C@H](O)[C@H]3O)C[C@H]1C(=O)C=C2C. The summed E-state index contributed by atoms with van der Waals surface area (Å²) < 4.78 is 22.4. The molecule has 9 heteroatoms. The van der Waals surface area contributed by atoms with Gasteiger partial charge in [-0.2, -0.15) is 0 Å². The molecule has 0 radical (unpaired) electrons. The first kappa shape index (κ1) is 19.6. The van der Waals surface area contributed by atoms with Gasteiger partial charge < -0.3 is 39.4 Å². The van der Waals surface area contributed by atoms with Crippen LogP contribution in [0.3, 0.4) is 0 Å². The predicted octanol–water partition coefficient (Wildman–Crippen LogP) is -1.41. The molecule has 8 atom stereocenters. The summed E-state index contributed by atoms with van der Waals surface area (Å²) in [6, 6.07) is 0. The highest BCUT2D eigenvalue weighted by molar-refractivity contribution is 5.96. The van der Waals surface area contributed by atoms with Crippen molar-refractivity contribution in [2.24, 2.45) is 5.92 Å². The summed E-state index contributed by atoms with van der Waals surface area (Å²) in [6.07, 6.45) is -6.57. The van der Waals surface area contributed by atoms with Crippen LogP contribution in [0, 0.1) is 5.92 Å². The van der Waals surface area contributed by atoms with E-state index in [2.05, 4.69) is 6.58 Å². The van der Waals surface area contributed by atoms with Crippen LogP contribution in [0.4, 0.5) is 0 Å². The Labute approximate surface area is 150 Å². The van der Waals surface area contributed by atoms with E-state index in [9.17, 15) is 25.2 Å². The predicted molar refractivity (Wildman–Crippen MR) is 85.5 cm³/mol. The minimum absolute atomic E-state index is 0.113. The lowest BCUT2D eigenvalue weighted by atomic mass is 9.77. The molecule has 0 aromatic carbocycles. The molecule has 0 spiro atoms. The van der Waals surface area contributed by atoms with Gasteiger partial charge in [-0.15, -0.1) is 0 Å². The number of ether oxygens (including phenoxy) is 4. The zero-order valence-corrected chi connectivity index (χ0v) is 14.6. The van der Waals surface area contributed by atoms with Crippen LogP contribution in [-0.2, 0) is 23.7 Å². The van der Waals surface area contributed by atoms with Crippen molar-refractivity contribution in [1.29, 1.82) is 0 Å². The molecule has 2 aliphatic heterocycles. The Bertz CT molecular complexity index is 615. The lowest BCUT2D eigenvalue weighted by Gasteiger charge is -2.50. The lowest BCUT2D eigenvalue weighted by Crippen LogP contribution is -2.63. The third-order valence-electron chi connectivity index (χ3n) is 5.19. The van der Waals surface area contributed by atoms with Gasteiger partial charge in [0.15, 0.2) is 24.2 Å². The summed E-state index contributed by atoms with van der Waals surface area (Å²) in [5, 5.41) is 39.4. The largest absolute Gasteiger partial charge is 0.394 e. The maximum absolute atomic E-state index is 12.3. The number of aliphatic hydroxyl groups excluding tert-OH is 4. The number of allylic oxidation sites excluding steroid dienone is 1. The van der Waals surface area contributed by atoms with Crippen molar-refractivity contribution in [3.8, 4) is 0 Å². The average Bonchev–Trinajstić information content (AvgIpc) is 2.62. The Morgan fingerprint density at radius 3 is 2.62 bits per heavy atom. The van der Waals surface area contributed by atoms with E-state index in [1.165, 1.54) is 13.2 Å². The fourth-order valence-corrected chi connectivity index (χ4v) is 3.54. The first-order valence-electron chi connectivity index (χ1n) is 8.34. The zero-order valence-electron chi connectivity index (χ0n) is 14.6. The van der Waals surface area contributed by atoms with Crippen molar-refractivity contribution in [1.82, 2.24) is 0 Å². The van der Waals surface area contributed by atoms with Crippen molar-refractivity contribution in [2.45, 2.75) is 56.1 Å². The summed E-state index contributed by atoms with van der Waals surface area (Å²) in [5.41, 5.74) is 0.916. The van der Waals surface area contributed by atoms with Crippen LogP contribution in [0.15, 0.2) is 23.8 Å². The molecule has 3 aliphatic rings. The van der Waals surface area contributed by atoms with Crippen molar-refractivity contribution >= 4 is 5.78 Å². The third-order valence-corrected chi connectivity index (χ3v) is 5.19.